The van der Waals surface area contributed by atoms with Gasteiger partial charge in [-0.2, -0.15) is 0 Å². The third kappa shape index (κ3) is 2.88. The molecule has 0 aromatic carbocycles. The quantitative estimate of drug-likeness (QED) is 0.716. The van der Waals surface area contributed by atoms with Gasteiger partial charge in [-0.15, -0.1) is 0 Å². The molecule has 0 radical (unpaired) electrons. The van der Waals surface area contributed by atoms with E-state index in [0.29, 0.717) is 11.1 Å². The first kappa shape index (κ1) is 11.3. The van der Waals surface area contributed by atoms with Gasteiger partial charge in [0.15, 0.2) is 0 Å². The lowest BCUT2D eigenvalue weighted by atomic mass is 10.1. The summed E-state index contributed by atoms with van der Waals surface area (Å²) >= 11 is 5.81. The molecule has 0 fully saturated rings. The molecular formula is C11H16ClNO. The Balaban J connectivity index is 3.03. The van der Waals surface area contributed by atoms with Crippen LogP contribution in [0, 0.1) is 0 Å². The third-order valence-electron chi connectivity index (χ3n) is 1.85. The monoisotopic (exact) mass is 213 g/mol. The van der Waals surface area contributed by atoms with Crippen molar-refractivity contribution in [3.05, 3.63) is 23.0 Å². The molecule has 1 heterocycles. The maximum absolute atomic E-state index is 5.81. The molecule has 1 aromatic heterocycles. The van der Waals surface area contributed by atoms with Crippen LogP contribution in [0.25, 0.3) is 0 Å². The van der Waals surface area contributed by atoms with Crippen LogP contribution in [-0.4, -0.2) is 11.1 Å². The smallest absolute Gasteiger partial charge is 0.132 e. The van der Waals surface area contributed by atoms with E-state index in [9.17, 15) is 0 Å². The lowest BCUT2D eigenvalue weighted by Gasteiger charge is -2.15. The van der Waals surface area contributed by atoms with Crippen molar-refractivity contribution in [2.75, 3.05) is 0 Å². The van der Waals surface area contributed by atoms with Gasteiger partial charge in [-0.25, -0.2) is 4.98 Å². The normalized spacial score (nSPS) is 11.1. The molecule has 0 saturated heterocycles. The molecule has 0 aliphatic rings. The largest absolute Gasteiger partial charge is 0.491 e. The number of nitrogens with zero attached hydrogens (tertiary/aromatic N) is 1. The SMILES string of the molecule is CC(C)Oc1cc(Cl)ncc1C(C)C. The van der Waals surface area contributed by atoms with Gasteiger partial charge >= 0.3 is 0 Å². The van der Waals surface area contributed by atoms with Crippen molar-refractivity contribution in [1.82, 2.24) is 4.98 Å². The van der Waals surface area contributed by atoms with Crippen molar-refractivity contribution < 1.29 is 4.74 Å². The van der Waals surface area contributed by atoms with Gasteiger partial charge in [0.1, 0.15) is 10.9 Å². The molecule has 3 heteroatoms. The molecule has 0 N–H and O–H groups in total. The summed E-state index contributed by atoms with van der Waals surface area (Å²) in [5, 5.41) is 0.477. The van der Waals surface area contributed by atoms with Gasteiger partial charge < -0.3 is 4.74 Å². The van der Waals surface area contributed by atoms with E-state index in [-0.39, 0.29) is 6.10 Å². The number of aromatic nitrogens is 1. The lowest BCUT2D eigenvalue weighted by molar-refractivity contribution is 0.239. The molecule has 0 saturated carbocycles. The van der Waals surface area contributed by atoms with E-state index in [4.69, 9.17) is 16.3 Å². The van der Waals surface area contributed by atoms with Crippen molar-refractivity contribution in [2.24, 2.45) is 0 Å². The highest BCUT2D eigenvalue weighted by molar-refractivity contribution is 6.29. The second kappa shape index (κ2) is 4.65. The second-order valence-electron chi connectivity index (χ2n) is 3.87. The predicted molar refractivity (Wildman–Crippen MR) is 59.1 cm³/mol. The van der Waals surface area contributed by atoms with E-state index in [1.165, 1.54) is 0 Å². The molecule has 1 rings (SSSR count). The van der Waals surface area contributed by atoms with Crippen LogP contribution in [0.4, 0.5) is 0 Å². The van der Waals surface area contributed by atoms with Crippen LogP contribution < -0.4 is 4.74 Å². The molecule has 0 aliphatic carbocycles. The van der Waals surface area contributed by atoms with Gasteiger partial charge in [0.2, 0.25) is 0 Å². The van der Waals surface area contributed by atoms with E-state index in [2.05, 4.69) is 18.8 Å². The summed E-state index contributed by atoms with van der Waals surface area (Å²) in [7, 11) is 0. The van der Waals surface area contributed by atoms with Crippen LogP contribution in [0.3, 0.4) is 0 Å². The fourth-order valence-electron chi connectivity index (χ4n) is 1.21. The molecule has 0 amide bonds. The Bertz CT molecular complexity index is 310. The molecule has 78 valence electrons. The second-order valence-corrected chi connectivity index (χ2v) is 4.25. The summed E-state index contributed by atoms with van der Waals surface area (Å²) in [6.45, 7) is 8.22. The molecule has 1 aromatic rings. The van der Waals surface area contributed by atoms with Gasteiger partial charge in [0.05, 0.1) is 6.10 Å². The fourth-order valence-corrected chi connectivity index (χ4v) is 1.36. The topological polar surface area (TPSA) is 22.1 Å². The summed E-state index contributed by atoms with van der Waals surface area (Å²) in [6.07, 6.45) is 1.94. The lowest BCUT2D eigenvalue weighted by Crippen LogP contribution is -2.08. The van der Waals surface area contributed by atoms with Crippen molar-refractivity contribution in [3.63, 3.8) is 0 Å². The standard InChI is InChI=1S/C11H16ClNO/c1-7(2)9-6-13-11(12)5-10(9)14-8(3)4/h5-8H,1-4H3. The van der Waals surface area contributed by atoms with Gasteiger partial charge in [-0.1, -0.05) is 25.4 Å². The number of rotatable bonds is 3. The predicted octanol–water partition coefficient (Wildman–Crippen LogP) is 3.65. The Labute approximate surface area is 90.3 Å². The number of halogens is 1. The van der Waals surface area contributed by atoms with Crippen molar-refractivity contribution in [3.8, 4) is 5.75 Å². The molecule has 2 nitrogen and oxygen atoms in total. The number of hydrogen-bond acceptors (Lipinski definition) is 2. The number of hydrogen-bond donors (Lipinski definition) is 0. The Morgan fingerprint density at radius 3 is 2.43 bits per heavy atom. The maximum Gasteiger partial charge on any atom is 0.132 e. The zero-order valence-corrected chi connectivity index (χ0v) is 9.80. The molecule has 0 atom stereocenters. The first-order valence-electron chi connectivity index (χ1n) is 4.82. The highest BCUT2D eigenvalue weighted by Crippen LogP contribution is 2.28. The number of pyridine rings is 1. The van der Waals surface area contributed by atoms with E-state index in [0.717, 1.165) is 11.3 Å². The third-order valence-corrected chi connectivity index (χ3v) is 2.05. The summed E-state index contributed by atoms with van der Waals surface area (Å²) in [5.74, 6) is 1.24. The highest BCUT2D eigenvalue weighted by Gasteiger charge is 2.10. The van der Waals surface area contributed by atoms with Gasteiger partial charge in [-0.05, 0) is 19.8 Å². The molecule has 0 unspecified atom stereocenters. The Hall–Kier alpha value is -0.760. The first-order valence-corrected chi connectivity index (χ1v) is 5.20. The van der Waals surface area contributed by atoms with E-state index >= 15 is 0 Å². The van der Waals surface area contributed by atoms with Crippen LogP contribution in [0.15, 0.2) is 12.3 Å². The van der Waals surface area contributed by atoms with Gasteiger partial charge in [-0.3, -0.25) is 0 Å². The zero-order valence-electron chi connectivity index (χ0n) is 9.04. The summed E-state index contributed by atoms with van der Waals surface area (Å²) in [5.41, 5.74) is 1.10. The molecule has 0 spiro atoms. The minimum atomic E-state index is 0.158. The van der Waals surface area contributed by atoms with Crippen LogP contribution in [0.5, 0.6) is 5.75 Å². The van der Waals surface area contributed by atoms with Crippen molar-refractivity contribution in [2.45, 2.75) is 39.7 Å². The average Bonchev–Trinajstić information content (AvgIpc) is 2.01. The molecule has 14 heavy (non-hydrogen) atoms. The van der Waals surface area contributed by atoms with E-state index in [1.54, 1.807) is 12.3 Å². The molecular weight excluding hydrogens is 198 g/mol. The maximum atomic E-state index is 5.81. The van der Waals surface area contributed by atoms with Crippen LogP contribution >= 0.6 is 11.6 Å². The Kier molecular flexibility index (Phi) is 3.76. The summed E-state index contributed by atoms with van der Waals surface area (Å²) in [4.78, 5) is 4.05. The van der Waals surface area contributed by atoms with Crippen molar-refractivity contribution >= 4 is 11.6 Å². The first-order chi connectivity index (χ1) is 6.50. The number of ether oxygens (including phenoxy) is 1. The van der Waals surface area contributed by atoms with E-state index in [1.807, 2.05) is 13.8 Å². The average molecular weight is 214 g/mol. The van der Waals surface area contributed by atoms with Gasteiger partial charge in [0.25, 0.3) is 0 Å². The fraction of sp³-hybridized carbons (Fsp3) is 0.545. The Morgan fingerprint density at radius 2 is 1.93 bits per heavy atom. The van der Waals surface area contributed by atoms with Crippen LogP contribution in [0.1, 0.15) is 39.2 Å². The minimum Gasteiger partial charge on any atom is -0.491 e. The Morgan fingerprint density at radius 1 is 1.29 bits per heavy atom. The van der Waals surface area contributed by atoms with Crippen LogP contribution in [-0.2, 0) is 0 Å². The van der Waals surface area contributed by atoms with E-state index < -0.39 is 0 Å². The summed E-state index contributed by atoms with van der Waals surface area (Å²) in [6, 6.07) is 1.77. The molecule has 0 aliphatic heterocycles. The highest BCUT2D eigenvalue weighted by atomic mass is 35.5. The van der Waals surface area contributed by atoms with Crippen molar-refractivity contribution in [1.29, 1.82) is 0 Å². The summed E-state index contributed by atoms with van der Waals surface area (Å²) < 4.78 is 5.66. The van der Waals surface area contributed by atoms with Crippen LogP contribution in [0.2, 0.25) is 5.15 Å². The zero-order chi connectivity index (χ0) is 10.7. The molecule has 0 bridgehead atoms. The minimum absolute atomic E-state index is 0.158. The van der Waals surface area contributed by atoms with Gasteiger partial charge in [0, 0.05) is 17.8 Å².